The zero-order valence-electron chi connectivity index (χ0n) is 15.5. The van der Waals surface area contributed by atoms with Crippen LogP contribution in [0.25, 0.3) is 0 Å². The number of benzene rings is 1. The monoisotopic (exact) mass is 456 g/mol. The molecule has 0 unspecified atom stereocenters. The summed E-state index contributed by atoms with van der Waals surface area (Å²) in [5.74, 6) is -1.07. The Morgan fingerprint density at radius 3 is 2.64 bits per heavy atom. The number of methoxy groups -OCH3 is 1. The Bertz CT molecular complexity index is 764. The first-order valence-electron chi connectivity index (χ1n) is 8.37. The number of nitrogens with one attached hydrogen (secondary N) is 2. The summed E-state index contributed by atoms with van der Waals surface area (Å²) in [6.45, 7) is 1.98. The fourth-order valence-electron chi connectivity index (χ4n) is 2.32. The molecular weight excluding hydrogens is 436 g/mol. The lowest BCUT2D eigenvalue weighted by Gasteiger charge is -2.26. The second-order valence-corrected chi connectivity index (χ2v) is 6.45. The molecule has 0 aromatic heterocycles. The predicted octanol–water partition coefficient (Wildman–Crippen LogP) is -0.109. The second kappa shape index (κ2) is 10.6. The van der Waals surface area contributed by atoms with Crippen molar-refractivity contribution in [1.82, 2.24) is 15.6 Å². The normalized spacial score (nSPS) is 13.9. The van der Waals surface area contributed by atoms with Crippen molar-refractivity contribution >= 4 is 39.9 Å². The summed E-state index contributed by atoms with van der Waals surface area (Å²) in [6.07, 6.45) is 1.34. The molecule has 11 heteroatoms. The Morgan fingerprint density at radius 1 is 1.29 bits per heavy atom. The van der Waals surface area contributed by atoms with E-state index in [1.165, 1.54) is 20.4 Å². The molecule has 0 bridgehead atoms. The first kappa shape index (κ1) is 21.6. The van der Waals surface area contributed by atoms with Crippen LogP contribution in [-0.4, -0.2) is 75.9 Å². The summed E-state index contributed by atoms with van der Waals surface area (Å²) >= 11 is 3.38. The molecule has 0 atom stereocenters. The minimum Gasteiger partial charge on any atom is -0.493 e. The molecule has 1 aliphatic rings. The van der Waals surface area contributed by atoms with Gasteiger partial charge in [0.2, 0.25) is 0 Å². The molecular formula is C17H21BrN4O6. The maximum Gasteiger partial charge on any atom is 0.329 e. The molecule has 1 fully saturated rings. The van der Waals surface area contributed by atoms with Crippen molar-refractivity contribution in [2.24, 2.45) is 5.10 Å². The molecule has 0 radical (unpaired) electrons. The van der Waals surface area contributed by atoms with Crippen LogP contribution in [0.15, 0.2) is 21.7 Å². The smallest absolute Gasteiger partial charge is 0.329 e. The Labute approximate surface area is 170 Å². The summed E-state index contributed by atoms with van der Waals surface area (Å²) < 4.78 is 16.7. The number of carbonyl (C=O) groups is 3. The van der Waals surface area contributed by atoms with E-state index in [9.17, 15) is 14.4 Å². The number of hydrogen-bond acceptors (Lipinski definition) is 7. The van der Waals surface area contributed by atoms with E-state index in [2.05, 4.69) is 31.8 Å². The van der Waals surface area contributed by atoms with Crippen molar-refractivity contribution < 1.29 is 28.6 Å². The fraction of sp³-hybridized carbons (Fsp3) is 0.412. The van der Waals surface area contributed by atoms with Crippen LogP contribution in [0.5, 0.6) is 11.5 Å². The number of likely N-dealkylation sites (N-methyl/N-ethyl adjacent to an activating group) is 1. The Balaban J connectivity index is 2.03. The van der Waals surface area contributed by atoms with Gasteiger partial charge in [-0.25, -0.2) is 5.43 Å². The van der Waals surface area contributed by atoms with Crippen LogP contribution in [0, 0.1) is 0 Å². The van der Waals surface area contributed by atoms with Gasteiger partial charge in [0.05, 0.1) is 31.0 Å². The average molecular weight is 457 g/mol. The molecule has 10 nitrogen and oxygen atoms in total. The molecule has 2 rings (SSSR count). The lowest BCUT2D eigenvalue weighted by atomic mass is 10.2. The minimum atomic E-state index is -0.883. The fourth-order valence-corrected chi connectivity index (χ4v) is 2.90. The minimum absolute atomic E-state index is 0.134. The third-order valence-electron chi connectivity index (χ3n) is 3.77. The molecule has 0 saturated carbocycles. The van der Waals surface area contributed by atoms with Crippen molar-refractivity contribution in [3.05, 3.63) is 22.2 Å². The van der Waals surface area contributed by atoms with E-state index in [1.807, 2.05) is 0 Å². The van der Waals surface area contributed by atoms with E-state index in [0.717, 1.165) is 0 Å². The van der Waals surface area contributed by atoms with Crippen molar-refractivity contribution in [3.8, 4) is 11.5 Å². The van der Waals surface area contributed by atoms with Crippen LogP contribution >= 0.6 is 15.9 Å². The standard InChI is InChI=1S/C17H21BrN4O6/c1-19-16(24)17(25)21-20-9-11-7-12(18)15(13(8-11)26-2)28-10-14(23)22-3-5-27-6-4-22/h7-9H,3-6,10H2,1-2H3,(H,19,24)(H,21,25)/b20-9-. The van der Waals surface area contributed by atoms with Crippen molar-refractivity contribution in [2.75, 3.05) is 47.1 Å². The molecule has 2 N–H and O–H groups in total. The number of rotatable bonds is 6. The highest BCUT2D eigenvalue weighted by atomic mass is 79.9. The first-order chi connectivity index (χ1) is 13.5. The lowest BCUT2D eigenvalue weighted by molar-refractivity contribution is -0.138. The highest BCUT2D eigenvalue weighted by Crippen LogP contribution is 2.36. The SMILES string of the molecule is CNC(=O)C(=O)N/N=C\c1cc(Br)c(OCC(=O)N2CCOCC2)c(OC)c1. The Hall–Kier alpha value is -2.66. The zero-order valence-corrected chi connectivity index (χ0v) is 17.1. The highest BCUT2D eigenvalue weighted by Gasteiger charge is 2.19. The quantitative estimate of drug-likeness (QED) is 0.350. The van der Waals surface area contributed by atoms with Crippen molar-refractivity contribution in [3.63, 3.8) is 0 Å². The number of morpholine rings is 1. The number of ether oxygens (including phenoxy) is 3. The van der Waals surface area contributed by atoms with Gasteiger partial charge >= 0.3 is 11.8 Å². The Morgan fingerprint density at radius 2 is 2.00 bits per heavy atom. The van der Waals surface area contributed by atoms with Gasteiger partial charge in [-0.05, 0) is 33.6 Å². The molecule has 1 aromatic carbocycles. The van der Waals surface area contributed by atoms with Crippen molar-refractivity contribution in [2.45, 2.75) is 0 Å². The molecule has 0 spiro atoms. The summed E-state index contributed by atoms with van der Waals surface area (Å²) in [6, 6.07) is 3.29. The number of hydrogen-bond donors (Lipinski definition) is 2. The molecule has 1 aromatic rings. The summed E-state index contributed by atoms with van der Waals surface area (Å²) in [5.41, 5.74) is 2.68. The summed E-state index contributed by atoms with van der Waals surface area (Å²) in [5, 5.41) is 5.91. The maximum atomic E-state index is 12.2. The number of halogens is 1. The van der Waals surface area contributed by atoms with Gasteiger partial charge < -0.3 is 24.4 Å². The number of nitrogens with zero attached hydrogens (tertiary/aromatic N) is 2. The average Bonchev–Trinajstić information content (AvgIpc) is 2.72. The van der Waals surface area contributed by atoms with Crippen LogP contribution in [0.4, 0.5) is 0 Å². The van der Waals surface area contributed by atoms with Gasteiger partial charge in [0.25, 0.3) is 5.91 Å². The second-order valence-electron chi connectivity index (χ2n) is 5.59. The maximum absolute atomic E-state index is 12.2. The van der Waals surface area contributed by atoms with E-state index in [-0.39, 0.29) is 12.5 Å². The molecule has 0 aliphatic carbocycles. The predicted molar refractivity (Wildman–Crippen MR) is 103 cm³/mol. The van der Waals surface area contributed by atoms with Gasteiger partial charge in [0.15, 0.2) is 18.1 Å². The molecule has 1 aliphatic heterocycles. The van der Waals surface area contributed by atoms with E-state index in [1.54, 1.807) is 17.0 Å². The largest absolute Gasteiger partial charge is 0.493 e. The number of carbonyl (C=O) groups excluding carboxylic acids is 3. The van der Waals surface area contributed by atoms with E-state index < -0.39 is 11.8 Å². The van der Waals surface area contributed by atoms with Gasteiger partial charge in [-0.3, -0.25) is 14.4 Å². The zero-order chi connectivity index (χ0) is 20.5. The lowest BCUT2D eigenvalue weighted by Crippen LogP contribution is -2.43. The van der Waals surface area contributed by atoms with Gasteiger partial charge in [-0.15, -0.1) is 0 Å². The van der Waals surface area contributed by atoms with E-state index in [4.69, 9.17) is 14.2 Å². The topological polar surface area (TPSA) is 119 Å². The molecule has 28 heavy (non-hydrogen) atoms. The van der Waals surface area contributed by atoms with E-state index in [0.29, 0.717) is 47.8 Å². The molecule has 1 heterocycles. The molecule has 152 valence electrons. The first-order valence-corrected chi connectivity index (χ1v) is 9.16. The number of amides is 3. The van der Waals surface area contributed by atoms with Gasteiger partial charge in [0.1, 0.15) is 0 Å². The van der Waals surface area contributed by atoms with Gasteiger partial charge in [0, 0.05) is 20.1 Å². The third-order valence-corrected chi connectivity index (χ3v) is 4.36. The third kappa shape index (κ3) is 5.92. The van der Waals surface area contributed by atoms with Crippen LogP contribution in [0.1, 0.15) is 5.56 Å². The van der Waals surface area contributed by atoms with Gasteiger partial charge in [-0.2, -0.15) is 5.10 Å². The summed E-state index contributed by atoms with van der Waals surface area (Å²) in [7, 11) is 2.81. The van der Waals surface area contributed by atoms with E-state index >= 15 is 0 Å². The van der Waals surface area contributed by atoms with Crippen LogP contribution < -0.4 is 20.2 Å². The van der Waals surface area contributed by atoms with Crippen LogP contribution in [0.2, 0.25) is 0 Å². The van der Waals surface area contributed by atoms with Gasteiger partial charge in [-0.1, -0.05) is 0 Å². The molecule has 3 amide bonds. The Kier molecular flexibility index (Phi) is 8.20. The highest BCUT2D eigenvalue weighted by molar-refractivity contribution is 9.10. The molecule has 1 saturated heterocycles. The van der Waals surface area contributed by atoms with Crippen LogP contribution in [-0.2, 0) is 19.1 Å². The van der Waals surface area contributed by atoms with Crippen LogP contribution in [0.3, 0.4) is 0 Å². The van der Waals surface area contributed by atoms with Crippen molar-refractivity contribution in [1.29, 1.82) is 0 Å². The number of hydrazone groups is 1. The summed E-state index contributed by atoms with van der Waals surface area (Å²) in [4.78, 5) is 36.4.